The highest BCUT2D eigenvalue weighted by Crippen LogP contribution is 2.16. The summed E-state index contributed by atoms with van der Waals surface area (Å²) in [5.74, 6) is -2.55. The molecule has 40 heavy (non-hydrogen) atoms. The van der Waals surface area contributed by atoms with Crippen LogP contribution in [-0.4, -0.2) is 32.1 Å². The van der Waals surface area contributed by atoms with Crippen molar-refractivity contribution in [2.75, 3.05) is 0 Å². The van der Waals surface area contributed by atoms with E-state index in [-0.39, 0.29) is 11.1 Å². The molecule has 0 saturated carbocycles. The van der Waals surface area contributed by atoms with Crippen LogP contribution in [0, 0.1) is 0 Å². The molecule has 0 atom stereocenters. The van der Waals surface area contributed by atoms with Gasteiger partial charge in [0.05, 0.1) is 0 Å². The molecule has 4 heterocycles. The van der Waals surface area contributed by atoms with Gasteiger partial charge in [0, 0.05) is 35.6 Å². The molecule has 198 valence electrons. The Morgan fingerprint density at radius 2 is 0.900 bits per heavy atom. The summed E-state index contributed by atoms with van der Waals surface area (Å²) in [5, 5.41) is 18.5. The summed E-state index contributed by atoms with van der Waals surface area (Å²) in [6.45, 7) is 0. The number of fused-ring (bicyclic) bond motifs is 2. The Balaban J connectivity index is 0.000000139. The van der Waals surface area contributed by atoms with E-state index < -0.39 is 23.2 Å². The number of aromatic carboxylic acids is 2. The average molecular weight is 536 g/mol. The lowest BCUT2D eigenvalue weighted by molar-refractivity contribution is 0.0681. The molecule has 6 aromatic rings. The van der Waals surface area contributed by atoms with Gasteiger partial charge < -0.3 is 19.0 Å². The molecule has 0 radical (unpaired) electrons. The van der Waals surface area contributed by atoms with Crippen LogP contribution in [-0.2, 0) is 0 Å². The van der Waals surface area contributed by atoms with Crippen LogP contribution in [0.3, 0.4) is 0 Å². The van der Waals surface area contributed by atoms with Crippen LogP contribution >= 0.6 is 0 Å². The highest BCUT2D eigenvalue weighted by molar-refractivity contribution is 5.92. The summed E-state index contributed by atoms with van der Waals surface area (Å²) < 4.78 is 9.64. The van der Waals surface area contributed by atoms with E-state index in [1.807, 2.05) is 24.3 Å². The zero-order chi connectivity index (χ0) is 28.5. The number of hydrogen-bond acceptors (Lipinski definition) is 8. The van der Waals surface area contributed by atoms with Crippen LogP contribution in [0.25, 0.3) is 33.1 Å². The predicted molar refractivity (Wildman–Crippen MR) is 146 cm³/mol. The number of para-hydroxylation sites is 2. The number of carboxylic acids is 2. The first-order valence-electron chi connectivity index (χ1n) is 11.7. The molecule has 2 N–H and O–H groups in total. The third-order valence-electron chi connectivity index (χ3n) is 5.44. The Labute approximate surface area is 225 Å². The normalized spacial score (nSPS) is 10.1. The number of aromatic nitrogens is 2. The quantitative estimate of drug-likeness (QED) is 0.290. The van der Waals surface area contributed by atoms with Gasteiger partial charge in [-0.3, -0.25) is 9.97 Å². The van der Waals surface area contributed by atoms with Crippen molar-refractivity contribution in [1.29, 1.82) is 0 Å². The van der Waals surface area contributed by atoms with E-state index in [1.54, 1.807) is 73.3 Å². The van der Waals surface area contributed by atoms with Crippen molar-refractivity contribution in [3.8, 4) is 11.1 Å². The van der Waals surface area contributed by atoms with Crippen LogP contribution in [0.1, 0.15) is 20.7 Å². The zero-order valence-electron chi connectivity index (χ0n) is 20.6. The van der Waals surface area contributed by atoms with Crippen molar-refractivity contribution in [3.63, 3.8) is 0 Å². The fraction of sp³-hybridized carbons (Fsp3) is 0. The summed E-state index contributed by atoms with van der Waals surface area (Å²) >= 11 is 0. The fourth-order valence-corrected chi connectivity index (χ4v) is 3.51. The standard InChI is InChI=1S/C10H8N2.2C10H6O4/c1-5-11-6-2-9(1)10-3-7-12-8-4-10;2*11-9(12)7-5-6-3-1-2-4-8(6)14-10(7)13/h1-8H;2*1-5H,(H,11,12). The van der Waals surface area contributed by atoms with Crippen molar-refractivity contribution in [2.45, 2.75) is 0 Å². The molecule has 0 bridgehead atoms. The van der Waals surface area contributed by atoms with Crippen molar-refractivity contribution in [1.82, 2.24) is 9.97 Å². The summed E-state index contributed by atoms with van der Waals surface area (Å²) in [6, 6.07) is 24.1. The summed E-state index contributed by atoms with van der Waals surface area (Å²) in [6.07, 6.45) is 7.15. The van der Waals surface area contributed by atoms with Gasteiger partial charge in [0.15, 0.2) is 0 Å². The van der Waals surface area contributed by atoms with Gasteiger partial charge in [-0.2, -0.15) is 0 Å². The largest absolute Gasteiger partial charge is 0.477 e. The highest BCUT2D eigenvalue weighted by Gasteiger charge is 2.12. The Morgan fingerprint density at radius 1 is 0.550 bits per heavy atom. The number of rotatable bonds is 3. The monoisotopic (exact) mass is 536 g/mol. The third kappa shape index (κ3) is 6.69. The maximum absolute atomic E-state index is 11.1. The molecule has 0 aliphatic carbocycles. The van der Waals surface area contributed by atoms with E-state index in [9.17, 15) is 19.2 Å². The van der Waals surface area contributed by atoms with Crippen LogP contribution in [0.2, 0.25) is 0 Å². The second-order valence-corrected chi connectivity index (χ2v) is 8.05. The maximum Gasteiger partial charge on any atom is 0.351 e. The second kappa shape index (κ2) is 12.6. The first-order chi connectivity index (χ1) is 19.3. The molecule has 0 saturated heterocycles. The molecule has 0 spiro atoms. The lowest BCUT2D eigenvalue weighted by Crippen LogP contribution is -2.12. The van der Waals surface area contributed by atoms with Crippen LogP contribution in [0.15, 0.2) is 128 Å². The van der Waals surface area contributed by atoms with Gasteiger partial charge in [-0.05, 0) is 59.7 Å². The predicted octanol–water partition coefficient (Wildman–Crippen LogP) is 5.13. The van der Waals surface area contributed by atoms with E-state index >= 15 is 0 Å². The molecular formula is C30H20N2O8. The Morgan fingerprint density at radius 3 is 1.25 bits per heavy atom. The van der Waals surface area contributed by atoms with Crippen LogP contribution in [0.4, 0.5) is 0 Å². The average Bonchev–Trinajstić information content (AvgIpc) is 2.98. The van der Waals surface area contributed by atoms with Gasteiger partial charge in [-0.15, -0.1) is 0 Å². The minimum Gasteiger partial charge on any atom is -0.477 e. The Kier molecular flexibility index (Phi) is 8.53. The fourth-order valence-electron chi connectivity index (χ4n) is 3.51. The number of nitrogens with zero attached hydrogens (tertiary/aromatic N) is 2. The minimum absolute atomic E-state index is 0.344. The number of benzene rings is 2. The Bertz CT molecular complexity index is 1760. The second-order valence-electron chi connectivity index (χ2n) is 8.05. The summed E-state index contributed by atoms with van der Waals surface area (Å²) in [7, 11) is 0. The van der Waals surface area contributed by atoms with E-state index in [2.05, 4.69) is 9.97 Å². The van der Waals surface area contributed by atoms with Gasteiger partial charge in [0.2, 0.25) is 0 Å². The molecular weight excluding hydrogens is 516 g/mol. The van der Waals surface area contributed by atoms with Crippen molar-refractivity contribution in [2.24, 2.45) is 0 Å². The SMILES string of the molecule is O=C(O)c1cc2ccccc2oc1=O.O=C(O)c1cc2ccccc2oc1=O.c1cc(-c2ccncc2)ccn1. The number of hydrogen-bond donors (Lipinski definition) is 2. The number of carboxylic acid groups (broad SMARTS) is 2. The third-order valence-corrected chi connectivity index (χ3v) is 5.44. The van der Waals surface area contributed by atoms with E-state index in [1.165, 1.54) is 23.3 Å². The lowest BCUT2D eigenvalue weighted by atomic mass is 10.1. The van der Waals surface area contributed by atoms with Crippen LogP contribution in [0.5, 0.6) is 0 Å². The van der Waals surface area contributed by atoms with Crippen molar-refractivity contribution < 1.29 is 28.6 Å². The molecule has 0 unspecified atom stereocenters. The van der Waals surface area contributed by atoms with Gasteiger partial charge in [0.1, 0.15) is 22.3 Å². The summed E-state index contributed by atoms with van der Waals surface area (Å²) in [4.78, 5) is 51.4. The minimum atomic E-state index is -1.27. The maximum atomic E-state index is 11.1. The van der Waals surface area contributed by atoms with Crippen molar-refractivity contribution in [3.05, 3.63) is 142 Å². The van der Waals surface area contributed by atoms with Gasteiger partial charge in [-0.25, -0.2) is 19.2 Å². The molecule has 0 amide bonds. The number of pyridine rings is 2. The first kappa shape index (κ1) is 27.1. The molecule has 0 fully saturated rings. The molecule has 4 aromatic heterocycles. The smallest absolute Gasteiger partial charge is 0.351 e. The number of carbonyl (C=O) groups is 2. The molecule has 6 rings (SSSR count). The zero-order valence-corrected chi connectivity index (χ0v) is 20.6. The van der Waals surface area contributed by atoms with Gasteiger partial charge >= 0.3 is 23.2 Å². The van der Waals surface area contributed by atoms with Gasteiger partial charge in [-0.1, -0.05) is 36.4 Å². The van der Waals surface area contributed by atoms with E-state index in [4.69, 9.17) is 19.0 Å². The Hall–Kier alpha value is -5.90. The summed E-state index contributed by atoms with van der Waals surface area (Å²) in [5.41, 5.74) is 0.796. The first-order valence-corrected chi connectivity index (χ1v) is 11.7. The highest BCUT2D eigenvalue weighted by atomic mass is 16.4. The van der Waals surface area contributed by atoms with Gasteiger partial charge in [0.25, 0.3) is 0 Å². The molecule has 10 heteroatoms. The molecule has 10 nitrogen and oxygen atoms in total. The topological polar surface area (TPSA) is 161 Å². The van der Waals surface area contributed by atoms with E-state index in [0.29, 0.717) is 21.9 Å². The van der Waals surface area contributed by atoms with Crippen LogP contribution < -0.4 is 11.3 Å². The lowest BCUT2D eigenvalue weighted by Gasteiger charge is -1.97. The molecule has 2 aromatic carbocycles. The molecule has 0 aliphatic heterocycles. The van der Waals surface area contributed by atoms with Crippen molar-refractivity contribution >= 4 is 33.9 Å². The van der Waals surface area contributed by atoms with E-state index in [0.717, 1.165) is 0 Å². The molecule has 0 aliphatic rings.